The molecule has 0 aliphatic rings. The van der Waals surface area contributed by atoms with Gasteiger partial charge in [0.1, 0.15) is 5.54 Å². The van der Waals surface area contributed by atoms with Crippen LogP contribution in [0.2, 0.25) is 0 Å². The van der Waals surface area contributed by atoms with Gasteiger partial charge in [0.15, 0.2) is 0 Å². The molecule has 0 spiro atoms. The summed E-state index contributed by atoms with van der Waals surface area (Å²) in [6.07, 6.45) is 1.50. The van der Waals surface area contributed by atoms with Crippen LogP contribution in [-0.4, -0.2) is 36.2 Å². The number of aryl methyl sites for hydroxylation is 1. The fraction of sp³-hybridized carbons (Fsp3) is 0.588. The monoisotopic (exact) mass is 292 g/mol. The molecule has 21 heavy (non-hydrogen) atoms. The number of benzene rings is 1. The van der Waals surface area contributed by atoms with Crippen LogP contribution in [0.3, 0.4) is 0 Å². The lowest BCUT2D eigenvalue weighted by atomic mass is 9.97. The first-order valence-electron chi connectivity index (χ1n) is 7.73. The quantitative estimate of drug-likeness (QED) is 0.734. The smallest absolute Gasteiger partial charge is 0.323 e. The lowest BCUT2D eigenvalue weighted by Gasteiger charge is -2.31. The summed E-state index contributed by atoms with van der Waals surface area (Å²) >= 11 is 0. The summed E-state index contributed by atoms with van der Waals surface area (Å²) < 4.78 is 0. The SMILES string of the molecule is CCCNC(C)(CCN(CC)c1ccccc1C)C(=O)O. The average Bonchev–Trinajstić information content (AvgIpc) is 2.47. The molecule has 1 atom stereocenters. The van der Waals surface area contributed by atoms with Crippen LogP contribution < -0.4 is 10.2 Å². The van der Waals surface area contributed by atoms with Crippen LogP contribution in [0.25, 0.3) is 0 Å². The van der Waals surface area contributed by atoms with E-state index in [4.69, 9.17) is 0 Å². The highest BCUT2D eigenvalue weighted by atomic mass is 16.4. The largest absolute Gasteiger partial charge is 0.480 e. The first-order chi connectivity index (χ1) is 9.94. The van der Waals surface area contributed by atoms with Crippen LogP contribution in [0.15, 0.2) is 24.3 Å². The second-order valence-electron chi connectivity index (χ2n) is 5.68. The molecule has 0 saturated carbocycles. The van der Waals surface area contributed by atoms with Crippen LogP contribution >= 0.6 is 0 Å². The van der Waals surface area contributed by atoms with Gasteiger partial charge in [-0.3, -0.25) is 4.79 Å². The van der Waals surface area contributed by atoms with Crippen molar-refractivity contribution in [3.63, 3.8) is 0 Å². The maximum absolute atomic E-state index is 11.6. The van der Waals surface area contributed by atoms with Gasteiger partial charge in [0.05, 0.1) is 0 Å². The zero-order valence-electron chi connectivity index (χ0n) is 13.6. The van der Waals surface area contributed by atoms with Crippen LogP contribution in [0, 0.1) is 6.92 Å². The number of nitrogens with one attached hydrogen (secondary N) is 1. The van der Waals surface area contributed by atoms with E-state index < -0.39 is 11.5 Å². The van der Waals surface area contributed by atoms with Crippen molar-refractivity contribution < 1.29 is 9.90 Å². The van der Waals surface area contributed by atoms with E-state index >= 15 is 0 Å². The van der Waals surface area contributed by atoms with E-state index in [1.165, 1.54) is 11.3 Å². The number of carboxylic acid groups (broad SMARTS) is 1. The number of hydrogen-bond donors (Lipinski definition) is 2. The van der Waals surface area contributed by atoms with E-state index in [9.17, 15) is 9.90 Å². The van der Waals surface area contributed by atoms with Gasteiger partial charge in [-0.25, -0.2) is 0 Å². The molecule has 4 nitrogen and oxygen atoms in total. The molecule has 0 radical (unpaired) electrons. The van der Waals surface area contributed by atoms with Gasteiger partial charge < -0.3 is 15.3 Å². The topological polar surface area (TPSA) is 52.6 Å². The Bertz CT molecular complexity index is 462. The lowest BCUT2D eigenvalue weighted by Crippen LogP contribution is -2.51. The Morgan fingerprint density at radius 1 is 1.33 bits per heavy atom. The molecule has 0 heterocycles. The Morgan fingerprint density at radius 3 is 2.52 bits per heavy atom. The third kappa shape index (κ3) is 4.74. The molecule has 4 heteroatoms. The number of rotatable bonds is 9. The van der Waals surface area contributed by atoms with Gasteiger partial charge in [-0.15, -0.1) is 0 Å². The minimum Gasteiger partial charge on any atom is -0.480 e. The van der Waals surface area contributed by atoms with Gasteiger partial charge in [-0.05, 0) is 51.8 Å². The van der Waals surface area contributed by atoms with Crippen molar-refractivity contribution >= 4 is 11.7 Å². The van der Waals surface area contributed by atoms with E-state index in [1.807, 2.05) is 19.1 Å². The first-order valence-corrected chi connectivity index (χ1v) is 7.73. The highest BCUT2D eigenvalue weighted by Crippen LogP contribution is 2.21. The molecule has 1 rings (SSSR count). The predicted molar refractivity (Wildman–Crippen MR) is 88.0 cm³/mol. The van der Waals surface area contributed by atoms with Crippen molar-refractivity contribution in [2.24, 2.45) is 0 Å². The summed E-state index contributed by atoms with van der Waals surface area (Å²) in [7, 11) is 0. The zero-order chi connectivity index (χ0) is 15.9. The molecule has 0 bridgehead atoms. The molecular weight excluding hydrogens is 264 g/mol. The summed E-state index contributed by atoms with van der Waals surface area (Å²) in [4.78, 5) is 13.8. The Morgan fingerprint density at radius 2 is 2.00 bits per heavy atom. The molecule has 1 unspecified atom stereocenters. The molecule has 2 N–H and O–H groups in total. The minimum absolute atomic E-state index is 0.574. The Balaban J connectivity index is 2.77. The molecular formula is C17H28N2O2. The van der Waals surface area contributed by atoms with Crippen LogP contribution in [0.4, 0.5) is 5.69 Å². The van der Waals surface area contributed by atoms with Gasteiger partial charge in [0.25, 0.3) is 0 Å². The highest BCUT2D eigenvalue weighted by Gasteiger charge is 2.32. The molecule has 0 fully saturated rings. The Kier molecular flexibility index (Phi) is 6.69. The maximum Gasteiger partial charge on any atom is 0.323 e. The standard InChI is InChI=1S/C17H28N2O2/c1-5-12-18-17(4,16(20)21)11-13-19(6-2)15-10-8-7-9-14(15)3/h7-10,18H,5-6,11-13H2,1-4H3,(H,20,21). The number of carbonyl (C=O) groups is 1. The Hall–Kier alpha value is -1.55. The van der Waals surface area contributed by atoms with Crippen molar-refractivity contribution in [2.45, 2.75) is 46.1 Å². The second kappa shape index (κ2) is 8.03. The van der Waals surface area contributed by atoms with Crippen molar-refractivity contribution in [1.29, 1.82) is 0 Å². The second-order valence-corrected chi connectivity index (χ2v) is 5.68. The summed E-state index contributed by atoms with van der Waals surface area (Å²) in [6, 6.07) is 8.23. The molecule has 0 aliphatic carbocycles. The minimum atomic E-state index is -0.869. The van der Waals surface area contributed by atoms with Crippen molar-refractivity contribution in [3.8, 4) is 0 Å². The number of carboxylic acids is 1. The molecule has 0 aromatic heterocycles. The van der Waals surface area contributed by atoms with Crippen molar-refractivity contribution in [2.75, 3.05) is 24.5 Å². The molecule has 0 saturated heterocycles. The van der Waals surface area contributed by atoms with E-state index in [-0.39, 0.29) is 0 Å². The lowest BCUT2D eigenvalue weighted by molar-refractivity contribution is -0.144. The summed E-state index contributed by atoms with van der Waals surface area (Å²) in [5.41, 5.74) is 1.53. The summed E-state index contributed by atoms with van der Waals surface area (Å²) in [6.45, 7) is 10.3. The van der Waals surface area contributed by atoms with Gasteiger partial charge >= 0.3 is 5.97 Å². The zero-order valence-corrected chi connectivity index (χ0v) is 13.6. The number of para-hydroxylation sites is 1. The molecule has 1 aromatic rings. The number of anilines is 1. The fourth-order valence-corrected chi connectivity index (χ4v) is 2.40. The van der Waals surface area contributed by atoms with Gasteiger partial charge in [-0.2, -0.15) is 0 Å². The normalized spacial score (nSPS) is 13.7. The molecule has 1 aromatic carbocycles. The Labute approximate surface area is 128 Å². The fourth-order valence-electron chi connectivity index (χ4n) is 2.40. The van der Waals surface area contributed by atoms with Gasteiger partial charge in [0, 0.05) is 18.8 Å². The van der Waals surface area contributed by atoms with E-state index in [1.54, 1.807) is 6.92 Å². The van der Waals surface area contributed by atoms with E-state index in [0.29, 0.717) is 6.42 Å². The number of hydrogen-bond acceptors (Lipinski definition) is 3. The third-order valence-corrected chi connectivity index (χ3v) is 3.96. The van der Waals surface area contributed by atoms with E-state index in [0.717, 1.165) is 26.1 Å². The molecule has 0 amide bonds. The van der Waals surface area contributed by atoms with Crippen LogP contribution in [-0.2, 0) is 4.79 Å². The first kappa shape index (κ1) is 17.5. The molecule has 0 aliphatic heterocycles. The van der Waals surface area contributed by atoms with Crippen LogP contribution in [0.5, 0.6) is 0 Å². The van der Waals surface area contributed by atoms with Gasteiger partial charge in [0.2, 0.25) is 0 Å². The summed E-state index contributed by atoms with van der Waals surface area (Å²) in [5, 5.41) is 12.7. The molecule has 118 valence electrons. The average molecular weight is 292 g/mol. The van der Waals surface area contributed by atoms with Gasteiger partial charge in [-0.1, -0.05) is 25.1 Å². The maximum atomic E-state index is 11.6. The van der Waals surface area contributed by atoms with Crippen molar-refractivity contribution in [1.82, 2.24) is 5.32 Å². The number of aliphatic carboxylic acids is 1. The third-order valence-electron chi connectivity index (χ3n) is 3.96. The number of nitrogens with zero attached hydrogens (tertiary/aromatic N) is 1. The van der Waals surface area contributed by atoms with Crippen LogP contribution in [0.1, 0.15) is 39.2 Å². The predicted octanol–water partition coefficient (Wildman–Crippen LogP) is 3.05. The van der Waals surface area contributed by atoms with Crippen molar-refractivity contribution in [3.05, 3.63) is 29.8 Å². The highest BCUT2D eigenvalue weighted by molar-refractivity contribution is 5.78. The summed E-state index contributed by atoms with van der Waals surface area (Å²) in [5.74, 6) is -0.781. The van der Waals surface area contributed by atoms with E-state index in [2.05, 4.69) is 36.2 Å².